The minimum Gasteiger partial charge on any atom is -0.466 e. The maximum absolute atomic E-state index is 12.6. The molecule has 0 bridgehead atoms. The molecule has 93 heavy (non-hydrogen) atoms. The van der Waals surface area contributed by atoms with E-state index in [-0.39, 0.29) is 18.5 Å². The van der Waals surface area contributed by atoms with E-state index in [0.29, 0.717) is 25.9 Å². The standard InChI is InChI=1S/C87H171NO5/c1-3-5-7-9-11-13-15-17-19-21-22-23-24-38-41-44-48-51-55-59-63-67-71-75-79-85(90)84(83-89)88-86(91)80-76-72-68-64-60-56-52-49-45-42-39-36-34-32-30-28-26-25-27-29-31-33-35-37-40-43-46-50-54-58-62-66-70-74-78-82-93-87(92)81-77-73-69-65-61-57-53-47-20-18-16-14-12-10-8-6-4-2/h27,29,84-85,89-90H,3-26,28,30-83H2,1-2H3,(H,88,91)/b29-27-. The Morgan fingerprint density at radius 1 is 0.290 bits per heavy atom. The van der Waals surface area contributed by atoms with Crippen LogP contribution < -0.4 is 5.32 Å². The van der Waals surface area contributed by atoms with Gasteiger partial charge in [0.1, 0.15) is 0 Å². The van der Waals surface area contributed by atoms with Crippen LogP contribution in [0.1, 0.15) is 508 Å². The number of carbonyl (C=O) groups excluding carboxylic acids is 2. The Bertz CT molecular complexity index is 1420. The van der Waals surface area contributed by atoms with Crippen LogP contribution in [0.2, 0.25) is 0 Å². The van der Waals surface area contributed by atoms with Gasteiger partial charge in [0, 0.05) is 12.8 Å². The van der Waals surface area contributed by atoms with Gasteiger partial charge in [0.2, 0.25) is 5.91 Å². The maximum atomic E-state index is 12.6. The highest BCUT2D eigenvalue weighted by atomic mass is 16.5. The highest BCUT2D eigenvalue weighted by molar-refractivity contribution is 5.76. The lowest BCUT2D eigenvalue weighted by molar-refractivity contribution is -0.143. The molecule has 554 valence electrons. The van der Waals surface area contributed by atoms with E-state index in [2.05, 4.69) is 31.3 Å². The zero-order chi connectivity index (χ0) is 67.0. The topological polar surface area (TPSA) is 95.9 Å². The van der Waals surface area contributed by atoms with Crippen molar-refractivity contribution in [2.75, 3.05) is 13.2 Å². The first-order valence-electron chi connectivity index (χ1n) is 43.4. The van der Waals surface area contributed by atoms with E-state index in [1.54, 1.807) is 0 Å². The van der Waals surface area contributed by atoms with Gasteiger partial charge >= 0.3 is 5.97 Å². The number of amides is 1. The van der Waals surface area contributed by atoms with Crippen molar-refractivity contribution in [3.8, 4) is 0 Å². The number of rotatable bonds is 83. The van der Waals surface area contributed by atoms with Crippen molar-refractivity contribution >= 4 is 11.9 Å². The Kier molecular flexibility index (Phi) is 81.8. The van der Waals surface area contributed by atoms with Crippen LogP contribution in [0.3, 0.4) is 0 Å². The molecule has 0 spiro atoms. The van der Waals surface area contributed by atoms with Crippen LogP contribution in [0.5, 0.6) is 0 Å². The molecule has 6 nitrogen and oxygen atoms in total. The molecular weight excluding hydrogens is 1140 g/mol. The van der Waals surface area contributed by atoms with Gasteiger partial charge in [-0.25, -0.2) is 0 Å². The number of carbonyl (C=O) groups is 2. The number of hydrogen-bond acceptors (Lipinski definition) is 5. The third kappa shape index (κ3) is 79.5. The number of unbranched alkanes of at least 4 members (excludes halogenated alkanes) is 70. The lowest BCUT2D eigenvalue weighted by Crippen LogP contribution is -2.45. The molecule has 2 unspecified atom stereocenters. The zero-order valence-corrected chi connectivity index (χ0v) is 63.8. The second-order valence-corrected chi connectivity index (χ2v) is 30.2. The maximum Gasteiger partial charge on any atom is 0.305 e. The van der Waals surface area contributed by atoms with Crippen molar-refractivity contribution in [3.05, 3.63) is 12.2 Å². The molecule has 0 rings (SSSR count). The third-order valence-corrected chi connectivity index (χ3v) is 20.8. The van der Waals surface area contributed by atoms with Gasteiger partial charge < -0.3 is 20.3 Å². The second-order valence-electron chi connectivity index (χ2n) is 30.2. The lowest BCUT2D eigenvalue weighted by Gasteiger charge is -2.22. The van der Waals surface area contributed by atoms with Gasteiger partial charge in [-0.3, -0.25) is 9.59 Å². The highest BCUT2D eigenvalue weighted by Gasteiger charge is 2.20. The summed E-state index contributed by atoms with van der Waals surface area (Å²) >= 11 is 0. The molecule has 1 amide bonds. The fourth-order valence-electron chi connectivity index (χ4n) is 14.2. The van der Waals surface area contributed by atoms with E-state index in [9.17, 15) is 19.8 Å². The van der Waals surface area contributed by atoms with Crippen LogP contribution in [0.25, 0.3) is 0 Å². The molecule has 0 aromatic heterocycles. The van der Waals surface area contributed by atoms with E-state index in [1.165, 1.54) is 437 Å². The molecule has 6 heteroatoms. The van der Waals surface area contributed by atoms with Gasteiger partial charge in [-0.2, -0.15) is 0 Å². The van der Waals surface area contributed by atoms with Crippen molar-refractivity contribution in [1.29, 1.82) is 0 Å². The Morgan fingerprint density at radius 2 is 0.505 bits per heavy atom. The number of aliphatic hydroxyl groups is 2. The number of nitrogens with one attached hydrogen (secondary N) is 1. The quantitative estimate of drug-likeness (QED) is 0.0320. The third-order valence-electron chi connectivity index (χ3n) is 20.8. The normalized spacial score (nSPS) is 12.4. The fraction of sp³-hybridized carbons (Fsp3) is 0.954. The van der Waals surface area contributed by atoms with E-state index in [4.69, 9.17) is 4.74 Å². The Labute approximate surface area is 584 Å². The molecule has 0 radical (unpaired) electrons. The summed E-state index contributed by atoms with van der Waals surface area (Å²) < 4.78 is 5.52. The molecule has 0 aliphatic heterocycles. The zero-order valence-electron chi connectivity index (χ0n) is 63.8. The van der Waals surface area contributed by atoms with Crippen LogP contribution in [0, 0.1) is 0 Å². The molecule has 0 aliphatic carbocycles. The monoisotopic (exact) mass is 1310 g/mol. The first-order valence-corrected chi connectivity index (χ1v) is 43.4. The molecule has 2 atom stereocenters. The summed E-state index contributed by atoms with van der Waals surface area (Å²) in [5.41, 5.74) is 0. The second kappa shape index (κ2) is 83.0. The number of allylic oxidation sites excluding steroid dienone is 2. The van der Waals surface area contributed by atoms with Gasteiger partial charge in [0.15, 0.2) is 0 Å². The fourth-order valence-corrected chi connectivity index (χ4v) is 14.2. The van der Waals surface area contributed by atoms with Gasteiger partial charge in [-0.1, -0.05) is 456 Å². The molecule has 0 aliphatic rings. The number of hydrogen-bond donors (Lipinski definition) is 3. The van der Waals surface area contributed by atoms with Crippen LogP contribution >= 0.6 is 0 Å². The molecule has 0 saturated heterocycles. The van der Waals surface area contributed by atoms with Crippen molar-refractivity contribution in [2.45, 2.75) is 520 Å². The van der Waals surface area contributed by atoms with Crippen LogP contribution in [0.4, 0.5) is 0 Å². The number of esters is 1. The predicted octanol–water partition coefficient (Wildman–Crippen LogP) is 29.0. The molecule has 0 heterocycles. The van der Waals surface area contributed by atoms with E-state index in [0.717, 1.165) is 38.5 Å². The van der Waals surface area contributed by atoms with Gasteiger partial charge in [0.25, 0.3) is 0 Å². The smallest absolute Gasteiger partial charge is 0.305 e. The SMILES string of the molecule is CCCCCCCCCCCCCCCCCCCCCCCCCCC(O)C(CO)NC(=O)CCCCCCCCCCCCCCCCCCC/C=C\CCCCCCCCCCCCCCCCOC(=O)CCCCCCCCCCCCCCCCCCC. The molecule has 0 aromatic rings. The average Bonchev–Trinajstić information content (AvgIpc) is 3.78. The summed E-state index contributed by atoms with van der Waals surface area (Å²) in [6.07, 6.45) is 106. The predicted molar refractivity (Wildman–Crippen MR) is 412 cm³/mol. The first kappa shape index (κ1) is 91.6. The van der Waals surface area contributed by atoms with E-state index in [1.807, 2.05) is 0 Å². The minimum atomic E-state index is -0.663. The van der Waals surface area contributed by atoms with E-state index < -0.39 is 12.1 Å². The van der Waals surface area contributed by atoms with Gasteiger partial charge in [-0.15, -0.1) is 0 Å². The highest BCUT2D eigenvalue weighted by Crippen LogP contribution is 2.21. The molecule has 0 fully saturated rings. The van der Waals surface area contributed by atoms with Crippen LogP contribution in [0.15, 0.2) is 12.2 Å². The van der Waals surface area contributed by atoms with Crippen LogP contribution in [-0.2, 0) is 14.3 Å². The van der Waals surface area contributed by atoms with Crippen LogP contribution in [-0.4, -0.2) is 47.4 Å². The average molecular weight is 1310 g/mol. The Morgan fingerprint density at radius 3 is 0.763 bits per heavy atom. The summed E-state index contributed by atoms with van der Waals surface area (Å²) in [6.45, 7) is 5.03. The summed E-state index contributed by atoms with van der Waals surface area (Å²) in [7, 11) is 0. The van der Waals surface area contributed by atoms with Crippen molar-refractivity contribution in [1.82, 2.24) is 5.32 Å². The summed E-state index contributed by atoms with van der Waals surface area (Å²) in [5, 5.41) is 23.5. The summed E-state index contributed by atoms with van der Waals surface area (Å²) in [4.78, 5) is 24.7. The van der Waals surface area contributed by atoms with E-state index >= 15 is 0 Å². The Balaban J connectivity index is 3.33. The first-order chi connectivity index (χ1) is 46.0. The van der Waals surface area contributed by atoms with Crippen molar-refractivity contribution in [3.63, 3.8) is 0 Å². The molecule has 3 N–H and O–H groups in total. The largest absolute Gasteiger partial charge is 0.466 e. The summed E-state index contributed by atoms with van der Waals surface area (Å²) in [5.74, 6) is 0.000995. The lowest BCUT2D eigenvalue weighted by atomic mass is 10.0. The molecular formula is C87H171NO5. The Hall–Kier alpha value is -1.40. The minimum absolute atomic E-state index is 0.0247. The number of aliphatic hydroxyl groups excluding tert-OH is 2. The van der Waals surface area contributed by atoms with Gasteiger partial charge in [-0.05, 0) is 51.4 Å². The molecule has 0 aromatic carbocycles. The van der Waals surface area contributed by atoms with Gasteiger partial charge in [0.05, 0.1) is 25.4 Å². The molecule has 0 saturated carbocycles. The van der Waals surface area contributed by atoms with Crippen molar-refractivity contribution in [2.24, 2.45) is 0 Å². The summed E-state index contributed by atoms with van der Waals surface area (Å²) in [6, 6.07) is -0.540. The number of ether oxygens (including phenoxy) is 1. The van der Waals surface area contributed by atoms with Crippen molar-refractivity contribution < 1.29 is 24.5 Å².